The van der Waals surface area contributed by atoms with Crippen LogP contribution in [0, 0.1) is 13.8 Å². The van der Waals surface area contributed by atoms with Crippen LogP contribution in [0.4, 0.5) is 0 Å². The quantitative estimate of drug-likeness (QED) is 0.842. The minimum absolute atomic E-state index is 0.812. The Kier molecular flexibility index (Phi) is 4.18. The zero-order chi connectivity index (χ0) is 14.7. The van der Waals surface area contributed by atoms with Crippen LogP contribution in [0.5, 0.6) is 17.2 Å². The van der Waals surface area contributed by atoms with Gasteiger partial charge < -0.3 is 14.2 Å². The molecule has 0 saturated carbocycles. The molecule has 0 atom stereocenters. The fourth-order valence-corrected chi connectivity index (χ4v) is 2.47. The van der Waals surface area contributed by atoms with E-state index in [4.69, 9.17) is 14.2 Å². The van der Waals surface area contributed by atoms with Crippen molar-refractivity contribution < 1.29 is 14.2 Å². The number of rotatable bonds is 4. The third-order valence-corrected chi connectivity index (χ3v) is 3.38. The van der Waals surface area contributed by atoms with Crippen LogP contribution in [-0.4, -0.2) is 21.3 Å². The van der Waals surface area contributed by atoms with Crippen molar-refractivity contribution in [3.8, 4) is 28.4 Å². The van der Waals surface area contributed by atoms with Crippen LogP contribution in [0.15, 0.2) is 30.3 Å². The van der Waals surface area contributed by atoms with Gasteiger partial charge in [-0.25, -0.2) is 0 Å². The molecule has 0 saturated heterocycles. The van der Waals surface area contributed by atoms with E-state index in [1.807, 2.05) is 32.0 Å². The number of hydrogen-bond acceptors (Lipinski definition) is 3. The first kappa shape index (κ1) is 14.3. The van der Waals surface area contributed by atoms with Gasteiger partial charge in [0, 0.05) is 5.56 Å². The molecule has 0 aromatic heterocycles. The first-order chi connectivity index (χ1) is 9.60. The zero-order valence-corrected chi connectivity index (χ0v) is 12.6. The second-order valence-electron chi connectivity index (χ2n) is 4.71. The highest BCUT2D eigenvalue weighted by molar-refractivity contribution is 5.74. The minimum atomic E-state index is 0.812. The number of benzene rings is 2. The average molecular weight is 272 g/mol. The summed E-state index contributed by atoms with van der Waals surface area (Å²) >= 11 is 0. The van der Waals surface area contributed by atoms with E-state index < -0.39 is 0 Å². The normalized spacial score (nSPS) is 10.2. The molecular weight excluding hydrogens is 252 g/mol. The fourth-order valence-electron chi connectivity index (χ4n) is 2.47. The van der Waals surface area contributed by atoms with Crippen molar-refractivity contribution in [2.75, 3.05) is 21.3 Å². The summed E-state index contributed by atoms with van der Waals surface area (Å²) < 4.78 is 16.2. The lowest BCUT2D eigenvalue weighted by Gasteiger charge is -2.14. The van der Waals surface area contributed by atoms with E-state index in [-0.39, 0.29) is 0 Å². The Hall–Kier alpha value is -2.16. The second kappa shape index (κ2) is 5.87. The van der Waals surface area contributed by atoms with Crippen molar-refractivity contribution in [1.82, 2.24) is 0 Å². The molecule has 0 aliphatic heterocycles. The molecule has 0 unspecified atom stereocenters. The summed E-state index contributed by atoms with van der Waals surface area (Å²) in [5.74, 6) is 2.57. The smallest absolute Gasteiger partial charge is 0.126 e. The Morgan fingerprint density at radius 2 is 1.40 bits per heavy atom. The van der Waals surface area contributed by atoms with Crippen molar-refractivity contribution in [2.45, 2.75) is 13.8 Å². The molecule has 0 amide bonds. The van der Waals surface area contributed by atoms with Crippen LogP contribution in [0.3, 0.4) is 0 Å². The molecule has 0 aliphatic carbocycles. The average Bonchev–Trinajstić information content (AvgIpc) is 2.46. The van der Waals surface area contributed by atoms with Gasteiger partial charge in [0.05, 0.1) is 21.3 Å². The summed E-state index contributed by atoms with van der Waals surface area (Å²) in [5.41, 5.74) is 4.32. The Bertz CT molecular complexity index is 595. The van der Waals surface area contributed by atoms with Crippen molar-refractivity contribution in [2.24, 2.45) is 0 Å². The lowest BCUT2D eigenvalue weighted by molar-refractivity contribution is 0.404. The van der Waals surface area contributed by atoms with E-state index in [9.17, 15) is 0 Å². The largest absolute Gasteiger partial charge is 0.497 e. The lowest BCUT2D eigenvalue weighted by atomic mass is 9.98. The monoisotopic (exact) mass is 272 g/mol. The zero-order valence-electron chi connectivity index (χ0n) is 12.6. The molecule has 2 aromatic carbocycles. The van der Waals surface area contributed by atoms with Crippen molar-refractivity contribution in [1.29, 1.82) is 0 Å². The number of methoxy groups -OCH3 is 3. The van der Waals surface area contributed by atoms with Crippen molar-refractivity contribution in [3.05, 3.63) is 41.5 Å². The molecule has 0 aliphatic rings. The minimum Gasteiger partial charge on any atom is -0.497 e. The summed E-state index contributed by atoms with van der Waals surface area (Å²) in [7, 11) is 5.03. The molecule has 2 aromatic rings. The Morgan fingerprint density at radius 1 is 0.750 bits per heavy atom. The van der Waals surface area contributed by atoms with Gasteiger partial charge in [-0.2, -0.15) is 0 Å². The summed E-state index contributed by atoms with van der Waals surface area (Å²) in [6, 6.07) is 10.0. The van der Waals surface area contributed by atoms with Crippen LogP contribution in [0.1, 0.15) is 11.1 Å². The molecule has 3 nitrogen and oxygen atoms in total. The van der Waals surface area contributed by atoms with E-state index in [0.29, 0.717) is 0 Å². The van der Waals surface area contributed by atoms with Gasteiger partial charge in [0.25, 0.3) is 0 Å². The van der Waals surface area contributed by atoms with E-state index in [2.05, 4.69) is 12.1 Å². The van der Waals surface area contributed by atoms with Gasteiger partial charge in [0.15, 0.2) is 0 Å². The Morgan fingerprint density at radius 3 is 1.90 bits per heavy atom. The van der Waals surface area contributed by atoms with Gasteiger partial charge in [-0.05, 0) is 60.9 Å². The highest BCUT2D eigenvalue weighted by Crippen LogP contribution is 2.36. The van der Waals surface area contributed by atoms with Gasteiger partial charge in [-0.3, -0.25) is 0 Å². The molecule has 106 valence electrons. The Balaban J connectivity index is 2.61. The summed E-state index contributed by atoms with van der Waals surface area (Å²) in [6.07, 6.45) is 0. The number of ether oxygens (including phenoxy) is 3. The lowest BCUT2D eigenvalue weighted by Crippen LogP contribution is -1.94. The maximum atomic E-state index is 5.45. The van der Waals surface area contributed by atoms with Gasteiger partial charge in [-0.15, -0.1) is 0 Å². The first-order valence-corrected chi connectivity index (χ1v) is 6.48. The Labute approximate surface area is 120 Å². The molecule has 3 heteroatoms. The summed E-state index contributed by atoms with van der Waals surface area (Å²) in [4.78, 5) is 0. The third kappa shape index (κ3) is 2.57. The maximum absolute atomic E-state index is 5.45. The molecule has 0 bridgehead atoms. The van der Waals surface area contributed by atoms with Crippen molar-refractivity contribution in [3.63, 3.8) is 0 Å². The predicted octanol–water partition coefficient (Wildman–Crippen LogP) is 4.00. The number of hydrogen-bond donors (Lipinski definition) is 0. The molecule has 20 heavy (non-hydrogen) atoms. The van der Waals surface area contributed by atoms with Crippen LogP contribution in [-0.2, 0) is 0 Å². The molecular formula is C17H20O3. The maximum Gasteiger partial charge on any atom is 0.126 e. The molecule has 0 N–H and O–H groups in total. The van der Waals surface area contributed by atoms with E-state index in [1.54, 1.807) is 21.3 Å². The second-order valence-corrected chi connectivity index (χ2v) is 4.71. The van der Waals surface area contributed by atoms with Gasteiger partial charge in [-0.1, -0.05) is 0 Å². The summed E-state index contributed by atoms with van der Waals surface area (Å²) in [6.45, 7) is 4.09. The van der Waals surface area contributed by atoms with Crippen molar-refractivity contribution >= 4 is 0 Å². The molecule has 0 heterocycles. The van der Waals surface area contributed by atoms with Crippen LogP contribution in [0.2, 0.25) is 0 Å². The van der Waals surface area contributed by atoms with Gasteiger partial charge >= 0.3 is 0 Å². The molecule has 2 rings (SSSR count). The molecule has 0 fully saturated rings. The topological polar surface area (TPSA) is 27.7 Å². The molecule has 0 radical (unpaired) electrons. The van der Waals surface area contributed by atoms with E-state index in [0.717, 1.165) is 39.5 Å². The van der Waals surface area contributed by atoms with Crippen LogP contribution >= 0.6 is 0 Å². The summed E-state index contributed by atoms with van der Waals surface area (Å²) in [5, 5.41) is 0. The SMILES string of the molecule is COc1ccc(OC)c(-c2cc(C)c(OC)c(C)c2)c1. The van der Waals surface area contributed by atoms with Gasteiger partial charge in [0.1, 0.15) is 17.2 Å². The fraction of sp³-hybridized carbons (Fsp3) is 0.294. The molecule has 0 spiro atoms. The predicted molar refractivity (Wildman–Crippen MR) is 81.0 cm³/mol. The number of aryl methyl sites for hydroxylation is 2. The van der Waals surface area contributed by atoms with Crippen LogP contribution < -0.4 is 14.2 Å². The van der Waals surface area contributed by atoms with Gasteiger partial charge in [0.2, 0.25) is 0 Å². The highest BCUT2D eigenvalue weighted by atomic mass is 16.5. The standard InChI is InChI=1S/C17H20O3/c1-11-8-13(9-12(2)17(11)20-5)15-10-14(18-3)6-7-16(15)19-4/h6-10H,1-5H3. The first-order valence-electron chi connectivity index (χ1n) is 6.48. The van der Waals surface area contributed by atoms with Crippen LogP contribution in [0.25, 0.3) is 11.1 Å². The van der Waals surface area contributed by atoms with E-state index >= 15 is 0 Å². The van der Waals surface area contributed by atoms with E-state index in [1.165, 1.54) is 0 Å². The third-order valence-electron chi connectivity index (χ3n) is 3.38. The highest BCUT2D eigenvalue weighted by Gasteiger charge is 2.11.